The Kier molecular flexibility index (Phi) is 6.01. The van der Waals surface area contributed by atoms with Gasteiger partial charge in [0.2, 0.25) is 0 Å². The number of aliphatic imine (C=N–C) groups is 1. The van der Waals surface area contributed by atoms with E-state index >= 15 is 0 Å². The number of urea groups is 1. The van der Waals surface area contributed by atoms with Crippen LogP contribution in [0.1, 0.15) is 5.69 Å². The van der Waals surface area contributed by atoms with Crippen LogP contribution in [0.4, 0.5) is 9.93 Å². The minimum absolute atomic E-state index is 0.100. The molecule has 1 aliphatic heterocycles. The first-order valence-corrected chi connectivity index (χ1v) is 9.13. The van der Waals surface area contributed by atoms with Gasteiger partial charge < -0.3 is 10.2 Å². The van der Waals surface area contributed by atoms with Crippen molar-refractivity contribution in [3.8, 4) is 0 Å². The Morgan fingerprint density at radius 3 is 2.75 bits per heavy atom. The quantitative estimate of drug-likeness (QED) is 0.526. The number of nitrogens with one attached hydrogen (secondary N) is 2. The van der Waals surface area contributed by atoms with Crippen LogP contribution in [-0.4, -0.2) is 66.7 Å². The Morgan fingerprint density at radius 2 is 2.17 bits per heavy atom. The zero-order valence-electron chi connectivity index (χ0n) is 12.7. The predicted molar refractivity (Wildman–Crippen MR) is 88.5 cm³/mol. The van der Waals surface area contributed by atoms with Gasteiger partial charge in [-0.25, -0.2) is 22.9 Å². The molecule has 24 heavy (non-hydrogen) atoms. The third-order valence-corrected chi connectivity index (χ3v) is 6.13. The number of hydrogen-bond acceptors (Lipinski definition) is 8. The number of anilines is 1. The lowest BCUT2D eigenvalue weighted by atomic mass is 10.4. The van der Waals surface area contributed by atoms with Gasteiger partial charge in [0.25, 0.3) is 10.0 Å². The van der Waals surface area contributed by atoms with Gasteiger partial charge in [-0.2, -0.15) is 0 Å². The first-order valence-electron chi connectivity index (χ1n) is 6.83. The molecule has 0 bridgehead atoms. The van der Waals surface area contributed by atoms with Crippen LogP contribution in [-0.2, 0) is 10.0 Å². The monoisotopic (exact) mass is 375 g/mol. The molecule has 0 aromatic carbocycles. The molecule has 1 aromatic rings. The van der Waals surface area contributed by atoms with E-state index in [1.54, 1.807) is 12.3 Å². The summed E-state index contributed by atoms with van der Waals surface area (Å²) < 4.78 is 26.6. The van der Waals surface area contributed by atoms with Crippen molar-refractivity contribution in [3.05, 3.63) is 18.0 Å². The van der Waals surface area contributed by atoms with Crippen molar-refractivity contribution in [3.63, 3.8) is 0 Å². The summed E-state index contributed by atoms with van der Waals surface area (Å²) in [5.41, 5.74) is 0.199. The largest absolute Gasteiger partial charge is 0.395 e. The van der Waals surface area contributed by atoms with Crippen molar-refractivity contribution >= 4 is 38.7 Å². The SMILES string of the molecule is Cc1nc(NC(=O)N2C=CC=NC2)sc1S(=O)(=O)NC(CO)CO. The fourth-order valence-electron chi connectivity index (χ4n) is 1.77. The van der Waals surface area contributed by atoms with E-state index < -0.39 is 35.3 Å². The minimum atomic E-state index is -3.97. The molecule has 0 fully saturated rings. The number of allylic oxidation sites excluding steroid dienone is 1. The number of hydrogen-bond donors (Lipinski definition) is 4. The highest BCUT2D eigenvalue weighted by Gasteiger charge is 2.25. The Bertz CT molecular complexity index is 754. The van der Waals surface area contributed by atoms with E-state index in [-0.39, 0.29) is 21.7 Å². The molecule has 0 atom stereocenters. The van der Waals surface area contributed by atoms with Crippen LogP contribution in [0.2, 0.25) is 0 Å². The van der Waals surface area contributed by atoms with Gasteiger partial charge in [0.15, 0.2) is 9.34 Å². The van der Waals surface area contributed by atoms with E-state index in [0.29, 0.717) is 0 Å². The van der Waals surface area contributed by atoms with Gasteiger partial charge in [-0.3, -0.25) is 15.2 Å². The van der Waals surface area contributed by atoms with Crippen LogP contribution in [0.3, 0.4) is 0 Å². The van der Waals surface area contributed by atoms with Crippen molar-refractivity contribution in [1.29, 1.82) is 0 Å². The minimum Gasteiger partial charge on any atom is -0.395 e. The Morgan fingerprint density at radius 1 is 1.46 bits per heavy atom. The zero-order valence-corrected chi connectivity index (χ0v) is 14.3. The topological polar surface area (TPSA) is 144 Å². The third-order valence-electron chi connectivity index (χ3n) is 2.93. The maximum absolute atomic E-state index is 12.3. The van der Waals surface area contributed by atoms with Crippen molar-refractivity contribution in [1.82, 2.24) is 14.6 Å². The van der Waals surface area contributed by atoms with E-state index in [1.807, 2.05) is 0 Å². The van der Waals surface area contributed by atoms with Crippen LogP contribution in [0.25, 0.3) is 0 Å². The lowest BCUT2D eigenvalue weighted by Crippen LogP contribution is -2.39. The maximum Gasteiger partial charge on any atom is 0.329 e. The van der Waals surface area contributed by atoms with E-state index in [0.717, 1.165) is 11.3 Å². The molecule has 12 heteroatoms. The average molecular weight is 375 g/mol. The second kappa shape index (κ2) is 7.81. The molecule has 2 rings (SSSR count). The number of aromatic nitrogens is 1. The average Bonchev–Trinajstić information content (AvgIpc) is 2.94. The van der Waals surface area contributed by atoms with Crippen molar-refractivity contribution in [2.45, 2.75) is 17.2 Å². The standard InChI is InChI=1S/C12H17N5O5S2/c1-8-10(24(21,22)16-9(5-18)6-19)23-11(14-8)15-12(20)17-4-2-3-13-7-17/h2-4,9,16,18-19H,5-7H2,1H3,(H,14,15,20). The highest BCUT2D eigenvalue weighted by Crippen LogP contribution is 2.27. The molecule has 0 unspecified atom stereocenters. The lowest BCUT2D eigenvalue weighted by molar-refractivity contribution is 0.185. The number of nitrogens with zero attached hydrogens (tertiary/aromatic N) is 3. The van der Waals surface area contributed by atoms with Crippen LogP contribution in [0.15, 0.2) is 21.5 Å². The molecule has 2 amide bonds. The molecule has 4 N–H and O–H groups in total. The molecule has 0 aliphatic carbocycles. The highest BCUT2D eigenvalue weighted by atomic mass is 32.2. The van der Waals surface area contributed by atoms with Crippen LogP contribution >= 0.6 is 11.3 Å². The van der Waals surface area contributed by atoms with Gasteiger partial charge in [0, 0.05) is 12.4 Å². The summed E-state index contributed by atoms with van der Waals surface area (Å²) in [5, 5.41) is 20.6. The van der Waals surface area contributed by atoms with Gasteiger partial charge in [0.1, 0.15) is 6.67 Å². The summed E-state index contributed by atoms with van der Waals surface area (Å²) in [6.07, 6.45) is 4.70. The van der Waals surface area contributed by atoms with Crippen LogP contribution < -0.4 is 10.0 Å². The highest BCUT2D eigenvalue weighted by molar-refractivity contribution is 7.91. The molecular weight excluding hydrogens is 358 g/mol. The number of sulfonamides is 1. The number of carbonyl (C=O) groups is 1. The fraction of sp³-hybridized carbons (Fsp3) is 0.417. The Labute approximate surface area is 142 Å². The normalized spacial score (nSPS) is 14.4. The number of aryl methyl sites for hydroxylation is 1. The van der Waals surface area contributed by atoms with Crippen molar-refractivity contribution < 1.29 is 23.4 Å². The summed E-state index contributed by atoms with van der Waals surface area (Å²) in [5.74, 6) is 0. The molecule has 132 valence electrons. The van der Waals surface area contributed by atoms with Crippen LogP contribution in [0.5, 0.6) is 0 Å². The van der Waals surface area contributed by atoms with Crippen molar-refractivity contribution in [2.24, 2.45) is 4.99 Å². The Balaban J connectivity index is 2.13. The zero-order chi connectivity index (χ0) is 17.7. The molecule has 1 aliphatic rings. The van der Waals surface area contributed by atoms with Crippen LogP contribution in [0, 0.1) is 6.92 Å². The van der Waals surface area contributed by atoms with Crippen molar-refractivity contribution in [2.75, 3.05) is 25.2 Å². The number of amides is 2. The summed E-state index contributed by atoms with van der Waals surface area (Å²) in [6.45, 7) is 0.560. The summed E-state index contributed by atoms with van der Waals surface area (Å²) in [4.78, 5) is 21.3. The Hall–Kier alpha value is -1.86. The summed E-state index contributed by atoms with van der Waals surface area (Å²) >= 11 is 0.776. The third kappa shape index (κ3) is 4.36. The first-order chi connectivity index (χ1) is 11.4. The molecule has 1 aromatic heterocycles. The van der Waals surface area contributed by atoms with Gasteiger partial charge in [-0.05, 0) is 13.0 Å². The second-order valence-corrected chi connectivity index (χ2v) is 7.70. The molecule has 2 heterocycles. The first kappa shape index (κ1) is 18.5. The molecule has 0 saturated carbocycles. The molecule has 0 radical (unpaired) electrons. The molecule has 0 spiro atoms. The molecular formula is C12H17N5O5S2. The number of carbonyl (C=O) groups excluding carboxylic acids is 1. The van der Waals surface area contributed by atoms with E-state index in [4.69, 9.17) is 10.2 Å². The van der Waals surface area contributed by atoms with E-state index in [1.165, 1.54) is 18.0 Å². The van der Waals surface area contributed by atoms with Gasteiger partial charge in [-0.15, -0.1) is 0 Å². The van der Waals surface area contributed by atoms with Gasteiger partial charge in [-0.1, -0.05) is 11.3 Å². The number of thiazole rings is 1. The number of rotatable bonds is 6. The molecule has 10 nitrogen and oxygen atoms in total. The maximum atomic E-state index is 12.3. The van der Waals surface area contributed by atoms with Gasteiger partial charge in [0.05, 0.1) is 24.9 Å². The smallest absolute Gasteiger partial charge is 0.329 e. The summed E-state index contributed by atoms with van der Waals surface area (Å²) in [7, 11) is -3.97. The number of aliphatic hydroxyl groups is 2. The van der Waals surface area contributed by atoms with Gasteiger partial charge >= 0.3 is 6.03 Å². The lowest BCUT2D eigenvalue weighted by Gasteiger charge is -2.17. The van der Waals surface area contributed by atoms with E-state index in [2.05, 4.69) is 20.0 Å². The predicted octanol–water partition coefficient (Wildman–Crippen LogP) is -0.527. The second-order valence-electron chi connectivity index (χ2n) is 4.79. The van der Waals surface area contributed by atoms with E-state index in [9.17, 15) is 13.2 Å². The number of aliphatic hydroxyl groups excluding tert-OH is 2. The fourth-order valence-corrected chi connectivity index (χ4v) is 4.41. The molecule has 0 saturated heterocycles. The summed E-state index contributed by atoms with van der Waals surface area (Å²) in [6, 6.07) is -1.50.